The molecule has 2 aromatic rings. The minimum Gasteiger partial charge on any atom is -0.484 e. The molecule has 0 saturated heterocycles. The van der Waals surface area contributed by atoms with Gasteiger partial charge in [-0.15, -0.1) is 0 Å². The van der Waals surface area contributed by atoms with Crippen LogP contribution in [0, 0.1) is 17.1 Å². The Labute approximate surface area is 134 Å². The smallest absolute Gasteiger partial charge is 0.257 e. The molecule has 0 aliphatic rings. The molecule has 0 bridgehead atoms. The van der Waals surface area contributed by atoms with Gasteiger partial charge in [-0.1, -0.05) is 24.3 Å². The molecule has 1 N–H and O–H groups in total. The lowest BCUT2D eigenvalue weighted by Gasteiger charge is -2.08. The summed E-state index contributed by atoms with van der Waals surface area (Å²) < 4.78 is 18.1. The van der Waals surface area contributed by atoms with Gasteiger partial charge in [0.2, 0.25) is 0 Å². The number of hydrogen-bond acceptors (Lipinski definition) is 3. The molecule has 0 unspecified atom stereocenters. The SMILES string of the molecule is N#CCc1ccc(OCC(=O)NCCc2ccc(F)cc2)cc1. The van der Waals surface area contributed by atoms with Crippen LogP contribution in [0.1, 0.15) is 11.1 Å². The quantitative estimate of drug-likeness (QED) is 0.855. The molecule has 0 spiro atoms. The fourth-order valence-electron chi connectivity index (χ4n) is 1.99. The first-order valence-corrected chi connectivity index (χ1v) is 7.27. The zero-order valence-corrected chi connectivity index (χ0v) is 12.6. The lowest BCUT2D eigenvalue weighted by molar-refractivity contribution is -0.123. The molecule has 118 valence electrons. The van der Waals surface area contributed by atoms with E-state index in [1.807, 2.05) is 0 Å². The summed E-state index contributed by atoms with van der Waals surface area (Å²) in [7, 11) is 0. The predicted octanol–water partition coefficient (Wildman–Crippen LogP) is 2.63. The highest BCUT2D eigenvalue weighted by Crippen LogP contribution is 2.12. The highest BCUT2D eigenvalue weighted by molar-refractivity contribution is 5.77. The first-order valence-electron chi connectivity index (χ1n) is 7.27. The lowest BCUT2D eigenvalue weighted by Crippen LogP contribution is -2.30. The average molecular weight is 312 g/mol. The summed E-state index contributed by atoms with van der Waals surface area (Å²) >= 11 is 0. The van der Waals surface area contributed by atoms with Gasteiger partial charge in [0.25, 0.3) is 5.91 Å². The summed E-state index contributed by atoms with van der Waals surface area (Å²) in [6.07, 6.45) is 0.985. The van der Waals surface area contributed by atoms with Crippen LogP contribution in [0.3, 0.4) is 0 Å². The second-order valence-corrected chi connectivity index (χ2v) is 4.99. The Kier molecular flexibility index (Phi) is 6.13. The molecule has 5 heteroatoms. The van der Waals surface area contributed by atoms with Crippen LogP contribution in [-0.4, -0.2) is 19.1 Å². The van der Waals surface area contributed by atoms with Crippen LogP contribution in [0.25, 0.3) is 0 Å². The first-order chi connectivity index (χ1) is 11.2. The van der Waals surface area contributed by atoms with Gasteiger partial charge >= 0.3 is 0 Å². The maximum Gasteiger partial charge on any atom is 0.257 e. The van der Waals surface area contributed by atoms with Crippen molar-refractivity contribution in [2.24, 2.45) is 0 Å². The molecule has 2 rings (SSSR count). The third-order valence-corrected chi connectivity index (χ3v) is 3.23. The molecule has 0 fully saturated rings. The van der Waals surface area contributed by atoms with E-state index in [1.165, 1.54) is 12.1 Å². The van der Waals surface area contributed by atoms with Crippen molar-refractivity contribution < 1.29 is 13.9 Å². The van der Waals surface area contributed by atoms with E-state index in [4.69, 9.17) is 10.00 Å². The van der Waals surface area contributed by atoms with Crippen molar-refractivity contribution >= 4 is 5.91 Å². The molecule has 0 radical (unpaired) electrons. The number of nitrogens with zero attached hydrogens (tertiary/aromatic N) is 1. The number of ether oxygens (including phenoxy) is 1. The van der Waals surface area contributed by atoms with E-state index in [1.54, 1.807) is 36.4 Å². The molecular weight excluding hydrogens is 295 g/mol. The Morgan fingerprint density at radius 3 is 2.39 bits per heavy atom. The standard InChI is InChI=1S/C18H17FN2O2/c19-16-5-1-15(2-6-16)10-12-21-18(22)13-23-17-7-3-14(4-8-17)9-11-20/h1-8H,9-10,12-13H2,(H,21,22). The van der Waals surface area contributed by atoms with Crippen LogP contribution in [-0.2, 0) is 17.6 Å². The third kappa shape index (κ3) is 5.79. The van der Waals surface area contributed by atoms with Gasteiger partial charge in [0.15, 0.2) is 6.61 Å². The Morgan fingerprint density at radius 2 is 1.74 bits per heavy atom. The molecule has 0 aliphatic heterocycles. The number of nitrogens with one attached hydrogen (secondary N) is 1. The number of benzene rings is 2. The molecule has 1 amide bonds. The van der Waals surface area contributed by atoms with E-state index >= 15 is 0 Å². The average Bonchev–Trinajstić information content (AvgIpc) is 2.56. The van der Waals surface area contributed by atoms with Gasteiger partial charge in [-0.25, -0.2) is 4.39 Å². The van der Waals surface area contributed by atoms with Crippen molar-refractivity contribution in [2.45, 2.75) is 12.8 Å². The van der Waals surface area contributed by atoms with Crippen molar-refractivity contribution in [2.75, 3.05) is 13.2 Å². The van der Waals surface area contributed by atoms with Crippen molar-refractivity contribution in [1.29, 1.82) is 5.26 Å². The Hall–Kier alpha value is -2.87. The highest BCUT2D eigenvalue weighted by atomic mass is 19.1. The number of carbonyl (C=O) groups excluding carboxylic acids is 1. The van der Waals surface area contributed by atoms with Gasteiger partial charge in [0.1, 0.15) is 11.6 Å². The van der Waals surface area contributed by atoms with E-state index in [-0.39, 0.29) is 18.3 Å². The van der Waals surface area contributed by atoms with Gasteiger partial charge in [-0.2, -0.15) is 5.26 Å². The lowest BCUT2D eigenvalue weighted by atomic mass is 10.1. The van der Waals surface area contributed by atoms with E-state index in [9.17, 15) is 9.18 Å². The molecule has 4 nitrogen and oxygen atoms in total. The fraction of sp³-hybridized carbons (Fsp3) is 0.222. The number of halogens is 1. The minimum atomic E-state index is -0.271. The summed E-state index contributed by atoms with van der Waals surface area (Å²) in [5, 5.41) is 11.3. The molecule has 0 aromatic heterocycles. The van der Waals surface area contributed by atoms with Crippen molar-refractivity contribution in [3.63, 3.8) is 0 Å². The summed E-state index contributed by atoms with van der Waals surface area (Å²) in [5.41, 5.74) is 1.87. The molecule has 0 aliphatic carbocycles. The Bertz CT molecular complexity index is 676. The monoisotopic (exact) mass is 312 g/mol. The van der Waals surface area contributed by atoms with E-state index in [0.717, 1.165) is 11.1 Å². The largest absolute Gasteiger partial charge is 0.484 e. The number of hydrogen-bond donors (Lipinski definition) is 1. The summed E-state index contributed by atoms with van der Waals surface area (Å²) in [4.78, 5) is 11.7. The Balaban J connectivity index is 1.68. The van der Waals surface area contributed by atoms with Crippen LogP contribution in [0.2, 0.25) is 0 Å². The van der Waals surface area contributed by atoms with Gasteiger partial charge < -0.3 is 10.1 Å². The van der Waals surface area contributed by atoms with Crippen LogP contribution in [0.5, 0.6) is 5.75 Å². The zero-order valence-electron chi connectivity index (χ0n) is 12.6. The minimum absolute atomic E-state index is 0.0684. The topological polar surface area (TPSA) is 62.1 Å². The van der Waals surface area contributed by atoms with Gasteiger partial charge in [-0.3, -0.25) is 4.79 Å². The van der Waals surface area contributed by atoms with Crippen LogP contribution < -0.4 is 10.1 Å². The van der Waals surface area contributed by atoms with Crippen molar-refractivity contribution in [3.05, 3.63) is 65.5 Å². The number of carbonyl (C=O) groups is 1. The fourth-order valence-corrected chi connectivity index (χ4v) is 1.99. The van der Waals surface area contributed by atoms with Crippen molar-refractivity contribution in [3.8, 4) is 11.8 Å². The second kappa shape index (κ2) is 8.54. The van der Waals surface area contributed by atoms with E-state index in [0.29, 0.717) is 25.1 Å². The predicted molar refractivity (Wildman–Crippen MR) is 84.4 cm³/mol. The first kappa shape index (κ1) is 16.5. The van der Waals surface area contributed by atoms with E-state index < -0.39 is 0 Å². The molecule has 0 heterocycles. The van der Waals surface area contributed by atoms with Gasteiger partial charge in [0, 0.05) is 6.54 Å². The van der Waals surface area contributed by atoms with E-state index in [2.05, 4.69) is 11.4 Å². The number of nitriles is 1. The maximum absolute atomic E-state index is 12.8. The molecule has 2 aromatic carbocycles. The summed E-state index contributed by atoms with van der Waals surface area (Å²) in [5.74, 6) is 0.0977. The molecular formula is C18H17FN2O2. The van der Waals surface area contributed by atoms with Crippen LogP contribution in [0.4, 0.5) is 4.39 Å². The molecule has 0 atom stereocenters. The van der Waals surface area contributed by atoms with Crippen LogP contribution >= 0.6 is 0 Å². The highest BCUT2D eigenvalue weighted by Gasteiger charge is 2.03. The molecule has 0 saturated carbocycles. The second-order valence-electron chi connectivity index (χ2n) is 4.99. The number of rotatable bonds is 7. The van der Waals surface area contributed by atoms with Crippen LogP contribution in [0.15, 0.2) is 48.5 Å². The normalized spacial score (nSPS) is 9.91. The zero-order chi connectivity index (χ0) is 16.5. The maximum atomic E-state index is 12.8. The Morgan fingerprint density at radius 1 is 1.09 bits per heavy atom. The summed E-state index contributed by atoms with van der Waals surface area (Å²) in [6, 6.07) is 15.3. The van der Waals surface area contributed by atoms with Gasteiger partial charge in [-0.05, 0) is 41.8 Å². The number of amides is 1. The van der Waals surface area contributed by atoms with Gasteiger partial charge in [0.05, 0.1) is 12.5 Å². The molecule has 23 heavy (non-hydrogen) atoms. The van der Waals surface area contributed by atoms with Crippen molar-refractivity contribution in [1.82, 2.24) is 5.32 Å². The third-order valence-electron chi connectivity index (χ3n) is 3.23. The summed E-state index contributed by atoms with van der Waals surface area (Å²) in [6.45, 7) is 0.399.